The molecule has 100 valence electrons. The van der Waals surface area contributed by atoms with Gasteiger partial charge >= 0.3 is 0 Å². The summed E-state index contributed by atoms with van der Waals surface area (Å²) in [5.41, 5.74) is 0. The van der Waals surface area contributed by atoms with Gasteiger partial charge in [0, 0.05) is 13.6 Å². The van der Waals surface area contributed by atoms with Crippen molar-refractivity contribution in [2.75, 3.05) is 13.6 Å². The summed E-state index contributed by atoms with van der Waals surface area (Å²) in [6.07, 6.45) is 14.3. The van der Waals surface area contributed by atoms with Crippen LogP contribution < -0.4 is 10.6 Å². The van der Waals surface area contributed by atoms with Crippen LogP contribution >= 0.6 is 12.2 Å². The van der Waals surface area contributed by atoms with Gasteiger partial charge in [-0.1, -0.05) is 51.4 Å². The number of hydrogen-bond donors (Lipinski definition) is 2. The number of thiocarbonyl (C=S) groups is 1. The Morgan fingerprint density at radius 1 is 1.06 bits per heavy atom. The molecule has 1 aliphatic carbocycles. The van der Waals surface area contributed by atoms with Gasteiger partial charge in [-0.15, -0.1) is 0 Å². The fourth-order valence-electron chi connectivity index (χ4n) is 2.69. The van der Waals surface area contributed by atoms with Crippen molar-refractivity contribution >= 4 is 17.3 Å². The Morgan fingerprint density at radius 2 is 1.65 bits per heavy atom. The monoisotopic (exact) mass is 256 g/mol. The van der Waals surface area contributed by atoms with E-state index in [0.717, 1.165) is 17.6 Å². The zero-order valence-corrected chi connectivity index (χ0v) is 12.1. The summed E-state index contributed by atoms with van der Waals surface area (Å²) in [4.78, 5) is 0. The van der Waals surface area contributed by atoms with E-state index in [1.54, 1.807) is 0 Å². The smallest absolute Gasteiger partial charge is 0.166 e. The molecule has 0 aromatic carbocycles. The molecule has 0 unspecified atom stereocenters. The summed E-state index contributed by atoms with van der Waals surface area (Å²) in [5.74, 6) is 0.970. The van der Waals surface area contributed by atoms with Crippen LogP contribution in [0, 0.1) is 5.92 Å². The van der Waals surface area contributed by atoms with Crippen molar-refractivity contribution in [1.29, 1.82) is 0 Å². The average molecular weight is 256 g/mol. The van der Waals surface area contributed by atoms with Crippen LogP contribution in [0.15, 0.2) is 0 Å². The summed E-state index contributed by atoms with van der Waals surface area (Å²) in [6.45, 7) is 1.02. The summed E-state index contributed by atoms with van der Waals surface area (Å²) in [5, 5.41) is 6.96. The Labute approximate surface area is 112 Å². The second-order valence-electron chi connectivity index (χ2n) is 5.21. The van der Waals surface area contributed by atoms with Crippen molar-refractivity contribution in [3.8, 4) is 0 Å². The van der Waals surface area contributed by atoms with Crippen molar-refractivity contribution in [2.45, 2.75) is 64.2 Å². The van der Waals surface area contributed by atoms with Crippen molar-refractivity contribution < 1.29 is 0 Å². The van der Waals surface area contributed by atoms with Gasteiger partial charge in [0.25, 0.3) is 0 Å². The van der Waals surface area contributed by atoms with Gasteiger partial charge < -0.3 is 10.6 Å². The molecule has 0 spiro atoms. The van der Waals surface area contributed by atoms with E-state index in [2.05, 4.69) is 10.6 Å². The molecule has 1 fully saturated rings. The van der Waals surface area contributed by atoms with E-state index in [0.29, 0.717) is 0 Å². The van der Waals surface area contributed by atoms with E-state index in [9.17, 15) is 0 Å². The Hall–Kier alpha value is -0.310. The maximum atomic E-state index is 5.06. The second-order valence-corrected chi connectivity index (χ2v) is 5.62. The van der Waals surface area contributed by atoms with Gasteiger partial charge in [0.15, 0.2) is 5.11 Å². The molecule has 0 aromatic rings. The van der Waals surface area contributed by atoms with Crippen LogP contribution in [-0.2, 0) is 0 Å². The predicted molar refractivity (Wildman–Crippen MR) is 79.3 cm³/mol. The quantitative estimate of drug-likeness (QED) is 0.593. The van der Waals surface area contributed by atoms with Crippen LogP contribution in [0.1, 0.15) is 64.2 Å². The van der Waals surface area contributed by atoms with Crippen molar-refractivity contribution in [3.63, 3.8) is 0 Å². The molecule has 1 saturated carbocycles. The summed E-state index contributed by atoms with van der Waals surface area (Å²) in [6, 6.07) is 0. The molecule has 3 heteroatoms. The third-order valence-corrected chi connectivity index (χ3v) is 4.12. The van der Waals surface area contributed by atoms with E-state index in [1.165, 1.54) is 64.2 Å². The lowest BCUT2D eigenvalue weighted by atomic mass is 9.92. The normalized spacial score (nSPS) is 18.9. The molecule has 0 bridgehead atoms. The predicted octanol–water partition coefficient (Wildman–Crippen LogP) is 3.61. The van der Waals surface area contributed by atoms with E-state index >= 15 is 0 Å². The molecule has 17 heavy (non-hydrogen) atoms. The lowest BCUT2D eigenvalue weighted by Crippen LogP contribution is -2.33. The minimum Gasteiger partial charge on any atom is -0.366 e. The zero-order chi connectivity index (χ0) is 12.3. The van der Waals surface area contributed by atoms with E-state index in [1.807, 2.05) is 7.05 Å². The lowest BCUT2D eigenvalue weighted by Gasteiger charge is -2.16. The molecule has 0 radical (unpaired) electrons. The highest BCUT2D eigenvalue weighted by molar-refractivity contribution is 7.80. The highest BCUT2D eigenvalue weighted by atomic mass is 32.1. The third-order valence-electron chi connectivity index (χ3n) is 3.78. The minimum absolute atomic E-state index is 0.777. The van der Waals surface area contributed by atoms with Gasteiger partial charge in [-0.25, -0.2) is 0 Å². The molecule has 1 aliphatic rings. The Morgan fingerprint density at radius 3 is 2.24 bits per heavy atom. The molecule has 0 atom stereocenters. The third kappa shape index (κ3) is 7.58. The molecule has 1 rings (SSSR count). The Kier molecular flexibility index (Phi) is 8.41. The number of rotatable bonds is 4. The molecule has 2 N–H and O–H groups in total. The number of nitrogens with one attached hydrogen (secondary N) is 2. The SMILES string of the molecule is CNC(=S)NCCCC1CCCCCCCC1. The van der Waals surface area contributed by atoms with Crippen LogP contribution in [0.3, 0.4) is 0 Å². The molecule has 0 aromatic heterocycles. The fraction of sp³-hybridized carbons (Fsp3) is 0.929. The second kappa shape index (κ2) is 9.69. The molecular weight excluding hydrogens is 228 g/mol. The standard InChI is InChI=1S/C14H28N2S/c1-15-14(17)16-12-8-11-13-9-6-4-2-3-5-7-10-13/h13H,2-12H2,1H3,(H2,15,16,17). The van der Waals surface area contributed by atoms with E-state index < -0.39 is 0 Å². The molecular formula is C14H28N2S. The van der Waals surface area contributed by atoms with Crippen LogP contribution in [-0.4, -0.2) is 18.7 Å². The van der Waals surface area contributed by atoms with Crippen LogP contribution in [0.25, 0.3) is 0 Å². The maximum Gasteiger partial charge on any atom is 0.166 e. The Balaban J connectivity index is 2.08. The average Bonchev–Trinajstić information content (AvgIpc) is 2.48. The van der Waals surface area contributed by atoms with Crippen molar-refractivity contribution in [1.82, 2.24) is 10.6 Å². The first-order chi connectivity index (χ1) is 8.33. The highest BCUT2D eigenvalue weighted by Crippen LogP contribution is 2.24. The summed E-state index contributed by atoms with van der Waals surface area (Å²) in [7, 11) is 1.87. The van der Waals surface area contributed by atoms with E-state index in [4.69, 9.17) is 12.2 Å². The molecule has 0 amide bonds. The van der Waals surface area contributed by atoms with Gasteiger partial charge in [0.1, 0.15) is 0 Å². The van der Waals surface area contributed by atoms with Crippen LogP contribution in [0.4, 0.5) is 0 Å². The maximum absolute atomic E-state index is 5.06. The Bertz CT molecular complexity index is 196. The fourth-order valence-corrected chi connectivity index (χ4v) is 2.79. The lowest BCUT2D eigenvalue weighted by molar-refractivity contribution is 0.390. The van der Waals surface area contributed by atoms with Gasteiger partial charge in [-0.05, 0) is 31.0 Å². The zero-order valence-electron chi connectivity index (χ0n) is 11.3. The first-order valence-electron chi connectivity index (χ1n) is 7.28. The first-order valence-corrected chi connectivity index (χ1v) is 7.69. The summed E-state index contributed by atoms with van der Waals surface area (Å²) < 4.78 is 0. The van der Waals surface area contributed by atoms with Crippen molar-refractivity contribution in [2.24, 2.45) is 5.92 Å². The topological polar surface area (TPSA) is 24.1 Å². The van der Waals surface area contributed by atoms with Gasteiger partial charge in [-0.2, -0.15) is 0 Å². The van der Waals surface area contributed by atoms with Gasteiger partial charge in [-0.3, -0.25) is 0 Å². The molecule has 2 nitrogen and oxygen atoms in total. The summed E-state index contributed by atoms with van der Waals surface area (Å²) >= 11 is 5.06. The van der Waals surface area contributed by atoms with Crippen LogP contribution in [0.5, 0.6) is 0 Å². The molecule has 0 saturated heterocycles. The largest absolute Gasteiger partial charge is 0.366 e. The first kappa shape index (κ1) is 14.7. The van der Waals surface area contributed by atoms with Crippen molar-refractivity contribution in [3.05, 3.63) is 0 Å². The van der Waals surface area contributed by atoms with Gasteiger partial charge in [0.05, 0.1) is 0 Å². The van der Waals surface area contributed by atoms with Crippen LogP contribution in [0.2, 0.25) is 0 Å². The van der Waals surface area contributed by atoms with E-state index in [-0.39, 0.29) is 0 Å². The van der Waals surface area contributed by atoms with Gasteiger partial charge in [0.2, 0.25) is 0 Å². The minimum atomic E-state index is 0.777. The molecule has 0 heterocycles. The number of hydrogen-bond acceptors (Lipinski definition) is 1. The molecule has 0 aliphatic heterocycles. The highest BCUT2D eigenvalue weighted by Gasteiger charge is 2.10.